The van der Waals surface area contributed by atoms with Gasteiger partial charge in [0.25, 0.3) is 0 Å². The van der Waals surface area contributed by atoms with Crippen LogP contribution in [-0.4, -0.2) is 49.4 Å². The van der Waals surface area contributed by atoms with E-state index in [1.54, 1.807) is 28.9 Å². The second-order valence-corrected chi connectivity index (χ2v) is 9.24. The lowest BCUT2D eigenvalue weighted by Gasteiger charge is -2.26. The van der Waals surface area contributed by atoms with E-state index < -0.39 is 11.7 Å². The molecule has 184 valence electrons. The Kier molecular flexibility index (Phi) is 6.00. The van der Waals surface area contributed by atoms with Crippen molar-refractivity contribution < 1.29 is 17.6 Å². The number of nitrogens with zero attached hydrogens (tertiary/aromatic N) is 5. The molecule has 10 heteroatoms. The fourth-order valence-electron chi connectivity index (χ4n) is 4.81. The molecule has 0 bridgehead atoms. The van der Waals surface area contributed by atoms with Crippen LogP contribution < -0.4 is 5.32 Å². The van der Waals surface area contributed by atoms with Gasteiger partial charge in [-0.25, -0.2) is 9.97 Å². The third kappa shape index (κ3) is 4.62. The van der Waals surface area contributed by atoms with Gasteiger partial charge in [-0.3, -0.25) is 4.40 Å². The third-order valence-electron chi connectivity index (χ3n) is 6.81. The molecule has 0 amide bonds. The van der Waals surface area contributed by atoms with E-state index in [1.807, 2.05) is 0 Å². The third-order valence-corrected chi connectivity index (χ3v) is 6.81. The average molecular weight is 485 g/mol. The fourth-order valence-corrected chi connectivity index (χ4v) is 4.81. The Balaban J connectivity index is 1.47. The maximum Gasteiger partial charge on any atom is 0.416 e. The number of hydrogen-bond donors (Lipinski definition) is 1. The number of imidazole rings is 1. The highest BCUT2D eigenvalue weighted by Gasteiger charge is 2.31. The van der Waals surface area contributed by atoms with E-state index in [0.29, 0.717) is 40.7 Å². The molecule has 1 fully saturated rings. The number of hydrogen-bond acceptors (Lipinski definition) is 6. The van der Waals surface area contributed by atoms with Crippen LogP contribution in [0.1, 0.15) is 38.7 Å². The summed E-state index contributed by atoms with van der Waals surface area (Å²) in [6.45, 7) is 4.35. The van der Waals surface area contributed by atoms with Crippen LogP contribution in [0.25, 0.3) is 28.5 Å². The van der Waals surface area contributed by atoms with Crippen molar-refractivity contribution in [2.45, 2.75) is 57.4 Å². The van der Waals surface area contributed by atoms with Gasteiger partial charge in [-0.1, -0.05) is 12.1 Å². The summed E-state index contributed by atoms with van der Waals surface area (Å²) in [5, 5.41) is 3.39. The summed E-state index contributed by atoms with van der Waals surface area (Å²) in [5.74, 6) is 0.726. The van der Waals surface area contributed by atoms with Crippen molar-refractivity contribution >= 4 is 11.8 Å². The zero-order valence-electron chi connectivity index (χ0n) is 19.8. The first-order chi connectivity index (χ1) is 16.7. The molecule has 3 aromatic heterocycles. The summed E-state index contributed by atoms with van der Waals surface area (Å²) < 4.78 is 47.1. The lowest BCUT2D eigenvalue weighted by Crippen LogP contribution is -2.34. The van der Waals surface area contributed by atoms with E-state index in [9.17, 15) is 13.2 Å². The average Bonchev–Trinajstić information content (AvgIpc) is 3.50. The number of benzene rings is 1. The molecule has 1 N–H and O–H groups in total. The number of rotatable bonds is 6. The molecule has 4 heterocycles. The second-order valence-electron chi connectivity index (χ2n) is 9.24. The molecule has 0 aliphatic carbocycles. The molecule has 3 atom stereocenters. The molecule has 1 saturated heterocycles. The number of fused-ring (bicyclic) bond motifs is 1. The summed E-state index contributed by atoms with van der Waals surface area (Å²) >= 11 is 0. The Morgan fingerprint density at radius 3 is 2.77 bits per heavy atom. The van der Waals surface area contributed by atoms with E-state index in [0.717, 1.165) is 18.6 Å². The molecule has 3 unspecified atom stereocenters. The Hall–Kier alpha value is -3.40. The van der Waals surface area contributed by atoms with Crippen molar-refractivity contribution in [2.24, 2.45) is 0 Å². The van der Waals surface area contributed by atoms with Crippen LogP contribution in [0.4, 0.5) is 19.1 Å². The summed E-state index contributed by atoms with van der Waals surface area (Å²) in [7, 11) is 2.16. The van der Waals surface area contributed by atoms with Crippen LogP contribution in [0, 0.1) is 0 Å². The summed E-state index contributed by atoms with van der Waals surface area (Å²) in [6, 6.07) is 8.05. The van der Waals surface area contributed by atoms with Gasteiger partial charge in [-0.2, -0.15) is 18.2 Å². The fraction of sp³-hybridized carbons (Fsp3) is 0.400. The molecule has 0 spiro atoms. The van der Waals surface area contributed by atoms with Gasteiger partial charge in [0.1, 0.15) is 17.7 Å². The minimum Gasteiger partial charge on any atom is -0.432 e. The van der Waals surface area contributed by atoms with Crippen molar-refractivity contribution in [1.82, 2.24) is 24.3 Å². The summed E-state index contributed by atoms with van der Waals surface area (Å²) in [5.41, 5.74) is 1.01. The Bertz CT molecular complexity index is 1330. The zero-order chi connectivity index (χ0) is 24.7. The van der Waals surface area contributed by atoms with Gasteiger partial charge in [-0.15, -0.1) is 0 Å². The molecule has 5 rings (SSSR count). The molecule has 35 heavy (non-hydrogen) atoms. The van der Waals surface area contributed by atoms with Crippen LogP contribution in [0.2, 0.25) is 0 Å². The van der Waals surface area contributed by atoms with Crippen LogP contribution in [0.5, 0.6) is 0 Å². The minimum absolute atomic E-state index is 0.144. The van der Waals surface area contributed by atoms with Gasteiger partial charge < -0.3 is 14.6 Å². The Morgan fingerprint density at radius 2 is 2.03 bits per heavy atom. The highest BCUT2D eigenvalue weighted by atomic mass is 19.4. The molecular formula is C25H27F3N6O. The van der Waals surface area contributed by atoms with Gasteiger partial charge >= 0.3 is 12.0 Å². The van der Waals surface area contributed by atoms with Crippen molar-refractivity contribution in [3.05, 3.63) is 54.6 Å². The van der Waals surface area contributed by atoms with Gasteiger partial charge in [0.05, 0.1) is 11.3 Å². The molecule has 7 nitrogen and oxygen atoms in total. The van der Waals surface area contributed by atoms with Gasteiger partial charge in [-0.05, 0) is 58.4 Å². The van der Waals surface area contributed by atoms with Gasteiger partial charge in [0.2, 0.25) is 5.95 Å². The van der Waals surface area contributed by atoms with Gasteiger partial charge in [0.15, 0.2) is 0 Å². The highest BCUT2D eigenvalue weighted by molar-refractivity contribution is 5.80. The molecule has 0 saturated carbocycles. The Morgan fingerprint density at radius 1 is 1.20 bits per heavy atom. The first-order valence-electron chi connectivity index (χ1n) is 11.7. The van der Waals surface area contributed by atoms with Crippen molar-refractivity contribution in [2.75, 3.05) is 12.4 Å². The largest absolute Gasteiger partial charge is 0.432 e. The zero-order valence-corrected chi connectivity index (χ0v) is 19.8. The molecule has 1 aromatic carbocycles. The molecular weight excluding hydrogens is 457 g/mol. The number of alkyl halides is 3. The monoisotopic (exact) mass is 484 g/mol. The second kappa shape index (κ2) is 8.99. The topological polar surface area (TPSA) is 71.5 Å². The van der Waals surface area contributed by atoms with E-state index in [1.165, 1.54) is 25.2 Å². The highest BCUT2D eigenvalue weighted by Crippen LogP contribution is 2.36. The first kappa shape index (κ1) is 23.3. The number of halogens is 3. The SMILES string of the molecule is CC(CC1CCC(C)N1C)Nc1nccc(-c2c(-c3cccc(C(F)(F)F)c3)nc3occn23)n1. The normalized spacial score (nSPS) is 19.9. The molecule has 0 radical (unpaired) electrons. The lowest BCUT2D eigenvalue weighted by molar-refractivity contribution is -0.137. The number of likely N-dealkylation sites (tertiary alicyclic amines) is 1. The summed E-state index contributed by atoms with van der Waals surface area (Å²) in [6.07, 6.45) is 3.65. The minimum atomic E-state index is -4.46. The van der Waals surface area contributed by atoms with Crippen molar-refractivity contribution in [1.29, 1.82) is 0 Å². The van der Waals surface area contributed by atoms with Crippen molar-refractivity contribution in [3.63, 3.8) is 0 Å². The predicted molar refractivity (Wildman–Crippen MR) is 127 cm³/mol. The predicted octanol–water partition coefficient (Wildman–Crippen LogP) is 5.74. The van der Waals surface area contributed by atoms with Crippen LogP contribution in [0.15, 0.2) is 53.4 Å². The smallest absolute Gasteiger partial charge is 0.416 e. The van der Waals surface area contributed by atoms with Crippen LogP contribution in [-0.2, 0) is 6.18 Å². The number of oxazole rings is 1. The van der Waals surface area contributed by atoms with Crippen LogP contribution in [0.3, 0.4) is 0 Å². The molecule has 1 aliphatic rings. The first-order valence-corrected chi connectivity index (χ1v) is 11.7. The van der Waals surface area contributed by atoms with E-state index in [2.05, 4.69) is 41.1 Å². The Labute approximate surface area is 201 Å². The number of aromatic nitrogens is 4. The maximum absolute atomic E-state index is 13.3. The lowest BCUT2D eigenvalue weighted by atomic mass is 10.0. The van der Waals surface area contributed by atoms with Crippen LogP contribution >= 0.6 is 0 Å². The van der Waals surface area contributed by atoms with E-state index >= 15 is 0 Å². The summed E-state index contributed by atoms with van der Waals surface area (Å²) in [4.78, 5) is 15.9. The van der Waals surface area contributed by atoms with Gasteiger partial charge in [0, 0.05) is 36.1 Å². The van der Waals surface area contributed by atoms with E-state index in [-0.39, 0.29) is 11.9 Å². The number of nitrogens with one attached hydrogen (secondary N) is 1. The quantitative estimate of drug-likeness (QED) is 0.376. The number of anilines is 1. The standard InChI is InChI=1S/C25H27F3N6O/c1-15(13-19-8-7-16(2)33(19)3)30-23-29-10-9-20(31-23)22-21(32-24-34(22)11-12-35-24)17-5-4-6-18(14-17)25(26,27)28/h4-6,9-12,14-16,19H,7-8,13H2,1-3H3,(H,29,30,31). The van der Waals surface area contributed by atoms with Crippen molar-refractivity contribution in [3.8, 4) is 22.6 Å². The maximum atomic E-state index is 13.3. The van der Waals surface area contributed by atoms with E-state index in [4.69, 9.17) is 9.40 Å². The molecule has 1 aliphatic heterocycles. The molecule has 4 aromatic rings.